The maximum atomic E-state index is 10.0. The predicted molar refractivity (Wildman–Crippen MR) is 229 cm³/mol. The molecule has 0 spiro atoms. The Morgan fingerprint density at radius 2 is 0.982 bits per heavy atom. The second-order valence-corrected chi connectivity index (χ2v) is 13.5. The van der Waals surface area contributed by atoms with Crippen molar-refractivity contribution < 1.29 is 18.4 Å². The van der Waals surface area contributed by atoms with Gasteiger partial charge < -0.3 is 13.7 Å². The zero-order valence-electron chi connectivity index (χ0n) is 36.3. The molecular weight excluding hydrogens is 671 g/mol. The van der Waals surface area contributed by atoms with Gasteiger partial charge in [-0.1, -0.05) is 139 Å². The molecule has 0 radical (unpaired) electrons. The molecule has 0 bridgehead atoms. The molecule has 0 saturated heterocycles. The van der Waals surface area contributed by atoms with Crippen LogP contribution in [-0.2, 0) is 0 Å². The first-order valence-corrected chi connectivity index (χ1v) is 18.1. The average Bonchev–Trinajstić information content (AvgIpc) is 3.89. The first kappa shape index (κ1) is 24.8. The number of rotatable bonds is 6. The van der Waals surface area contributed by atoms with Crippen LogP contribution in [0.3, 0.4) is 0 Å². The van der Waals surface area contributed by atoms with Gasteiger partial charge in [0.25, 0.3) is 0 Å². The normalized spacial score (nSPS) is 13.4. The highest BCUT2D eigenvalue weighted by molar-refractivity contribution is 6.29. The maximum absolute atomic E-state index is 10.0. The summed E-state index contributed by atoms with van der Waals surface area (Å²) in [6, 6.07) is 48.8. The molecule has 9 aromatic carbocycles. The summed E-state index contributed by atoms with van der Waals surface area (Å²) in [5.41, 5.74) is 7.06. The SMILES string of the molecule is [2H]c1c([2H])c([2H])c2c(c1[2H])c1oc(-c3ccccc3)c(-c3ccccc3)c1c1c([2H])c(-c3ccc4c(c3)oc3cc(N(c5ccccc5)c5ccccc5)ccc34)c([2H])c([2H])c21. The summed E-state index contributed by atoms with van der Waals surface area (Å²) in [6.07, 6.45) is 0. The van der Waals surface area contributed by atoms with Crippen LogP contribution >= 0.6 is 0 Å². The molecule has 0 aliphatic rings. The summed E-state index contributed by atoms with van der Waals surface area (Å²) in [5.74, 6) is 0.455. The summed E-state index contributed by atoms with van der Waals surface area (Å²) >= 11 is 0. The molecule has 258 valence electrons. The van der Waals surface area contributed by atoms with E-state index < -0.39 is 12.1 Å². The molecule has 0 atom stereocenters. The van der Waals surface area contributed by atoms with Crippen molar-refractivity contribution in [2.45, 2.75) is 0 Å². The monoisotopic (exact) mass is 710 g/mol. The standard InChI is InChI=1S/C52H33NO2/c1-5-15-34(16-6-1)49-50-46-31-36(25-28-42(46)41-23-13-14-24-45(41)52(50)55-51(49)35-17-7-2-8-18-35)37-26-29-43-44-30-27-40(33-48(44)54-47(43)32-37)53(38-19-9-3-10-20-38)39-21-11-4-12-22-39/h1-33H/i13D,14D,23D,24D,25D,28D,31D. The van der Waals surface area contributed by atoms with Gasteiger partial charge in [0.15, 0.2) is 0 Å². The molecule has 0 N–H and O–H groups in total. The van der Waals surface area contributed by atoms with Gasteiger partial charge in [-0.05, 0) is 87.4 Å². The fourth-order valence-corrected chi connectivity index (χ4v) is 7.78. The minimum absolute atomic E-state index is 0.0358. The van der Waals surface area contributed by atoms with Crippen LogP contribution < -0.4 is 4.90 Å². The van der Waals surface area contributed by atoms with Gasteiger partial charge in [0.05, 0.1) is 9.60 Å². The topological polar surface area (TPSA) is 29.5 Å². The van der Waals surface area contributed by atoms with Crippen molar-refractivity contribution in [3.8, 4) is 33.6 Å². The Bertz CT molecular complexity index is 3550. The van der Waals surface area contributed by atoms with Crippen LogP contribution in [-0.4, -0.2) is 0 Å². The smallest absolute Gasteiger partial charge is 0.143 e. The zero-order valence-corrected chi connectivity index (χ0v) is 29.3. The highest BCUT2D eigenvalue weighted by Gasteiger charge is 2.23. The Balaban J connectivity index is 1.20. The minimum atomic E-state index is -0.475. The van der Waals surface area contributed by atoms with Crippen molar-refractivity contribution in [1.82, 2.24) is 0 Å². The van der Waals surface area contributed by atoms with Crippen LogP contribution in [0, 0.1) is 0 Å². The average molecular weight is 711 g/mol. The van der Waals surface area contributed by atoms with Crippen molar-refractivity contribution in [3.05, 3.63) is 200 Å². The number of hydrogen-bond donors (Lipinski definition) is 0. The molecule has 3 nitrogen and oxygen atoms in total. The number of hydrogen-bond acceptors (Lipinski definition) is 3. The van der Waals surface area contributed by atoms with E-state index in [1.165, 1.54) is 0 Å². The van der Waals surface area contributed by atoms with E-state index in [1.807, 2.05) is 127 Å². The van der Waals surface area contributed by atoms with Crippen LogP contribution in [0.25, 0.3) is 88.0 Å². The van der Waals surface area contributed by atoms with Crippen LogP contribution in [0.15, 0.2) is 209 Å². The van der Waals surface area contributed by atoms with Crippen LogP contribution in [0.4, 0.5) is 17.1 Å². The third-order valence-corrected chi connectivity index (χ3v) is 10.3. The molecule has 0 fully saturated rings. The second-order valence-electron chi connectivity index (χ2n) is 13.5. The van der Waals surface area contributed by atoms with E-state index in [4.69, 9.17) is 14.3 Å². The molecule has 2 aromatic heterocycles. The van der Waals surface area contributed by atoms with Gasteiger partial charge in [-0.3, -0.25) is 0 Å². The second kappa shape index (κ2) is 12.6. The van der Waals surface area contributed by atoms with Gasteiger partial charge >= 0.3 is 0 Å². The van der Waals surface area contributed by atoms with Crippen LogP contribution in [0.5, 0.6) is 0 Å². The molecule has 3 heteroatoms. The van der Waals surface area contributed by atoms with Crippen molar-refractivity contribution in [2.24, 2.45) is 0 Å². The third-order valence-electron chi connectivity index (χ3n) is 10.3. The molecule has 55 heavy (non-hydrogen) atoms. The lowest BCUT2D eigenvalue weighted by Crippen LogP contribution is -2.09. The molecular formula is C52H33NO2. The Labute approximate surface area is 327 Å². The lowest BCUT2D eigenvalue weighted by Gasteiger charge is -2.25. The predicted octanol–water partition coefficient (Wildman–Crippen LogP) is 15.1. The van der Waals surface area contributed by atoms with E-state index in [0.29, 0.717) is 33.4 Å². The molecule has 0 unspecified atom stereocenters. The van der Waals surface area contributed by atoms with Gasteiger partial charge in [0, 0.05) is 55.8 Å². The summed E-state index contributed by atoms with van der Waals surface area (Å²) in [7, 11) is 0. The maximum Gasteiger partial charge on any atom is 0.143 e. The van der Waals surface area contributed by atoms with E-state index in [1.54, 1.807) is 0 Å². The number of nitrogens with zero attached hydrogens (tertiary/aromatic N) is 1. The van der Waals surface area contributed by atoms with Crippen LogP contribution in [0.1, 0.15) is 9.60 Å². The third kappa shape index (κ3) is 5.13. The number of fused-ring (bicyclic) bond motifs is 9. The summed E-state index contributed by atoms with van der Waals surface area (Å²) in [6.45, 7) is 0. The van der Waals surface area contributed by atoms with E-state index >= 15 is 0 Å². The molecule has 0 aliphatic carbocycles. The Kier molecular flexibility index (Phi) is 5.70. The number of para-hydroxylation sites is 2. The quantitative estimate of drug-likeness (QED) is 0.161. The summed E-state index contributed by atoms with van der Waals surface area (Å²) in [4.78, 5) is 2.16. The van der Waals surface area contributed by atoms with Crippen molar-refractivity contribution >= 4 is 71.5 Å². The largest absolute Gasteiger partial charge is 0.456 e. The van der Waals surface area contributed by atoms with Crippen LogP contribution in [0.2, 0.25) is 0 Å². The van der Waals surface area contributed by atoms with Gasteiger partial charge in [0.2, 0.25) is 0 Å². The molecule has 0 amide bonds. The van der Waals surface area contributed by atoms with Gasteiger partial charge in [-0.2, -0.15) is 0 Å². The lowest BCUT2D eigenvalue weighted by molar-refractivity contribution is 0.636. The molecule has 11 aromatic rings. The van der Waals surface area contributed by atoms with Gasteiger partial charge in [-0.25, -0.2) is 0 Å². The first-order valence-electron chi connectivity index (χ1n) is 21.6. The fraction of sp³-hybridized carbons (Fsp3) is 0. The Hall–Kier alpha value is -7.36. The fourth-order valence-electron chi connectivity index (χ4n) is 7.78. The van der Waals surface area contributed by atoms with E-state index in [2.05, 4.69) is 35.2 Å². The number of benzene rings is 9. The lowest BCUT2D eigenvalue weighted by atomic mass is 9.90. The van der Waals surface area contributed by atoms with E-state index in [-0.39, 0.29) is 62.9 Å². The zero-order chi connectivity index (χ0) is 42.4. The summed E-state index contributed by atoms with van der Waals surface area (Å²) < 4.78 is 78.2. The first-order chi connectivity index (χ1) is 30.2. The highest BCUT2D eigenvalue weighted by Crippen LogP contribution is 2.48. The Morgan fingerprint density at radius 3 is 1.67 bits per heavy atom. The van der Waals surface area contributed by atoms with Crippen molar-refractivity contribution in [3.63, 3.8) is 0 Å². The summed E-state index contributed by atoms with van der Waals surface area (Å²) in [5, 5.41) is 2.66. The van der Waals surface area contributed by atoms with Gasteiger partial charge in [-0.15, -0.1) is 0 Å². The molecule has 0 saturated carbocycles. The molecule has 2 heterocycles. The number of furan rings is 2. The molecule has 11 rings (SSSR count). The van der Waals surface area contributed by atoms with Crippen molar-refractivity contribution in [2.75, 3.05) is 4.90 Å². The Morgan fingerprint density at radius 1 is 0.400 bits per heavy atom. The van der Waals surface area contributed by atoms with Crippen molar-refractivity contribution in [1.29, 1.82) is 0 Å². The highest BCUT2D eigenvalue weighted by atomic mass is 16.3. The van der Waals surface area contributed by atoms with E-state index in [9.17, 15) is 4.11 Å². The van der Waals surface area contributed by atoms with E-state index in [0.717, 1.165) is 39.0 Å². The minimum Gasteiger partial charge on any atom is -0.456 e. The molecule has 0 aliphatic heterocycles. The number of anilines is 3. The van der Waals surface area contributed by atoms with Gasteiger partial charge in [0.1, 0.15) is 22.5 Å².